The Hall–Kier alpha value is -0.580. The van der Waals surface area contributed by atoms with E-state index in [1.54, 1.807) is 0 Å². The quantitative estimate of drug-likeness (QED) is 0.467. The van der Waals surface area contributed by atoms with Crippen molar-refractivity contribution in [2.75, 3.05) is 6.61 Å². The van der Waals surface area contributed by atoms with Crippen LogP contribution in [0.1, 0.15) is 13.3 Å². The van der Waals surface area contributed by atoms with Crippen molar-refractivity contribution in [3.8, 4) is 0 Å². The van der Waals surface area contributed by atoms with E-state index in [0.717, 1.165) is 0 Å². The van der Waals surface area contributed by atoms with Crippen LogP contribution >= 0.6 is 0 Å². The highest BCUT2D eigenvalue weighted by Crippen LogP contribution is 1.97. The second-order valence-electron chi connectivity index (χ2n) is 1.74. The molecule has 0 heterocycles. The molecule has 0 amide bonds. The molecular formula is C6H14O4. The summed E-state index contributed by atoms with van der Waals surface area (Å²) in [4.78, 5) is 0. The summed E-state index contributed by atoms with van der Waals surface area (Å²) in [7, 11) is 0. The molecule has 5 N–H and O–H groups in total. The molecule has 0 aromatic carbocycles. The first-order valence-corrected chi connectivity index (χ1v) is 2.90. The van der Waals surface area contributed by atoms with E-state index in [2.05, 4.69) is 0 Å². The molecule has 0 saturated heterocycles. The van der Waals surface area contributed by atoms with Crippen molar-refractivity contribution in [3.63, 3.8) is 0 Å². The Morgan fingerprint density at radius 2 is 2.10 bits per heavy atom. The average molecular weight is 150 g/mol. The van der Waals surface area contributed by atoms with E-state index < -0.39 is 12.7 Å². The first kappa shape index (κ1) is 12.1. The molecule has 10 heavy (non-hydrogen) atoms. The lowest BCUT2D eigenvalue weighted by Crippen LogP contribution is -2.14. The minimum absolute atomic E-state index is 0. The van der Waals surface area contributed by atoms with Crippen molar-refractivity contribution in [3.05, 3.63) is 11.8 Å². The second-order valence-corrected chi connectivity index (χ2v) is 1.74. The predicted octanol–water partition coefficient (Wildman–Crippen LogP) is -0.633. The Labute approximate surface area is 59.7 Å². The molecule has 0 aromatic rings. The van der Waals surface area contributed by atoms with Gasteiger partial charge in [-0.25, -0.2) is 0 Å². The summed E-state index contributed by atoms with van der Waals surface area (Å²) >= 11 is 0. The standard InChI is InChI=1S/C6H12O3.H2O/c1-2-3-5(8)6(9)4-7;/h3,6-9H,2,4H2,1H3;1H2. The predicted molar refractivity (Wildman–Crippen MR) is 37.7 cm³/mol. The van der Waals surface area contributed by atoms with Crippen LogP contribution in [0.4, 0.5) is 0 Å². The van der Waals surface area contributed by atoms with E-state index >= 15 is 0 Å². The molecule has 4 nitrogen and oxygen atoms in total. The molecule has 0 aliphatic heterocycles. The summed E-state index contributed by atoms with van der Waals surface area (Å²) in [5.74, 6) is -0.153. The zero-order valence-corrected chi connectivity index (χ0v) is 5.91. The van der Waals surface area contributed by atoms with E-state index in [1.807, 2.05) is 6.92 Å². The summed E-state index contributed by atoms with van der Waals surface area (Å²) in [6.45, 7) is 1.41. The lowest BCUT2D eigenvalue weighted by molar-refractivity contribution is 0.0867. The van der Waals surface area contributed by atoms with Crippen molar-refractivity contribution in [1.82, 2.24) is 0 Å². The Morgan fingerprint density at radius 1 is 1.60 bits per heavy atom. The van der Waals surface area contributed by atoms with Crippen LogP contribution < -0.4 is 0 Å². The monoisotopic (exact) mass is 150 g/mol. The number of aliphatic hydroxyl groups excluding tert-OH is 3. The number of hydrogen-bond acceptors (Lipinski definition) is 3. The fourth-order valence-electron chi connectivity index (χ4n) is 0.439. The molecule has 1 atom stereocenters. The summed E-state index contributed by atoms with van der Waals surface area (Å²) in [6.07, 6.45) is 1.01. The topological polar surface area (TPSA) is 92.2 Å². The maximum absolute atomic E-state index is 8.77. The van der Waals surface area contributed by atoms with Crippen LogP contribution in [0.25, 0.3) is 0 Å². The van der Waals surface area contributed by atoms with E-state index in [9.17, 15) is 0 Å². The number of aliphatic hydroxyl groups is 3. The van der Waals surface area contributed by atoms with E-state index in [-0.39, 0.29) is 11.2 Å². The van der Waals surface area contributed by atoms with E-state index in [4.69, 9.17) is 15.3 Å². The summed E-state index contributed by atoms with van der Waals surface area (Å²) in [5, 5.41) is 25.7. The van der Waals surface area contributed by atoms with Crippen molar-refractivity contribution >= 4 is 0 Å². The Kier molecular flexibility index (Phi) is 7.93. The van der Waals surface area contributed by atoms with Gasteiger partial charge in [0.2, 0.25) is 0 Å². The number of rotatable bonds is 3. The maximum Gasteiger partial charge on any atom is 0.133 e. The molecule has 0 bridgehead atoms. The SMILES string of the molecule is CCC=C(O)C(O)CO.O. The molecule has 0 saturated carbocycles. The Bertz CT molecular complexity index is 99.9. The highest BCUT2D eigenvalue weighted by atomic mass is 16.3. The highest BCUT2D eigenvalue weighted by molar-refractivity contribution is 4.96. The van der Waals surface area contributed by atoms with Crippen LogP contribution in [-0.2, 0) is 0 Å². The van der Waals surface area contributed by atoms with Gasteiger partial charge in [0.05, 0.1) is 6.61 Å². The van der Waals surface area contributed by atoms with Gasteiger partial charge < -0.3 is 20.8 Å². The lowest BCUT2D eigenvalue weighted by Gasteiger charge is -2.03. The van der Waals surface area contributed by atoms with Gasteiger partial charge in [-0.2, -0.15) is 0 Å². The molecule has 0 fully saturated rings. The van der Waals surface area contributed by atoms with E-state index in [0.29, 0.717) is 6.42 Å². The van der Waals surface area contributed by atoms with Crippen molar-refractivity contribution < 1.29 is 20.8 Å². The van der Waals surface area contributed by atoms with Gasteiger partial charge in [0.1, 0.15) is 11.9 Å². The van der Waals surface area contributed by atoms with Crippen molar-refractivity contribution in [2.45, 2.75) is 19.4 Å². The zero-order valence-electron chi connectivity index (χ0n) is 5.91. The van der Waals surface area contributed by atoms with Gasteiger partial charge in [-0.3, -0.25) is 0 Å². The van der Waals surface area contributed by atoms with Crippen molar-refractivity contribution in [2.24, 2.45) is 0 Å². The number of allylic oxidation sites excluding steroid dienone is 1. The molecule has 0 rings (SSSR count). The van der Waals surface area contributed by atoms with Gasteiger partial charge in [-0.05, 0) is 12.5 Å². The largest absolute Gasteiger partial charge is 0.510 e. The minimum Gasteiger partial charge on any atom is -0.510 e. The van der Waals surface area contributed by atoms with Crippen LogP contribution in [0.5, 0.6) is 0 Å². The minimum atomic E-state index is -1.11. The van der Waals surface area contributed by atoms with Crippen LogP contribution in [0.2, 0.25) is 0 Å². The number of hydrogen-bond donors (Lipinski definition) is 3. The summed E-state index contributed by atoms with van der Waals surface area (Å²) in [5.41, 5.74) is 0. The molecule has 0 radical (unpaired) electrons. The van der Waals surface area contributed by atoms with Gasteiger partial charge in [0.15, 0.2) is 0 Å². The van der Waals surface area contributed by atoms with Gasteiger partial charge in [0.25, 0.3) is 0 Å². The Morgan fingerprint density at radius 3 is 2.40 bits per heavy atom. The fraction of sp³-hybridized carbons (Fsp3) is 0.667. The van der Waals surface area contributed by atoms with Crippen LogP contribution in [0, 0.1) is 0 Å². The average Bonchev–Trinajstić information content (AvgIpc) is 1.87. The summed E-state index contributed by atoms with van der Waals surface area (Å²) in [6, 6.07) is 0. The van der Waals surface area contributed by atoms with Gasteiger partial charge >= 0.3 is 0 Å². The van der Waals surface area contributed by atoms with Gasteiger partial charge in [0, 0.05) is 0 Å². The van der Waals surface area contributed by atoms with Crippen LogP contribution in [0.15, 0.2) is 11.8 Å². The molecule has 62 valence electrons. The molecular weight excluding hydrogens is 136 g/mol. The fourth-order valence-corrected chi connectivity index (χ4v) is 0.439. The smallest absolute Gasteiger partial charge is 0.133 e. The zero-order chi connectivity index (χ0) is 7.28. The van der Waals surface area contributed by atoms with Gasteiger partial charge in [-0.1, -0.05) is 6.92 Å². The normalized spacial score (nSPS) is 14.1. The molecule has 4 heteroatoms. The van der Waals surface area contributed by atoms with Gasteiger partial charge in [-0.15, -0.1) is 0 Å². The van der Waals surface area contributed by atoms with Crippen LogP contribution in [-0.4, -0.2) is 33.5 Å². The molecule has 0 aliphatic carbocycles. The molecule has 0 spiro atoms. The van der Waals surface area contributed by atoms with E-state index in [1.165, 1.54) is 6.08 Å². The first-order chi connectivity index (χ1) is 4.22. The molecule has 1 unspecified atom stereocenters. The third-order valence-electron chi connectivity index (χ3n) is 0.928. The highest BCUT2D eigenvalue weighted by Gasteiger charge is 2.04. The maximum atomic E-state index is 8.77. The summed E-state index contributed by atoms with van der Waals surface area (Å²) < 4.78 is 0. The first-order valence-electron chi connectivity index (χ1n) is 2.90. The molecule has 0 aromatic heterocycles. The lowest BCUT2D eigenvalue weighted by atomic mass is 10.3. The third kappa shape index (κ3) is 4.31. The third-order valence-corrected chi connectivity index (χ3v) is 0.928. The van der Waals surface area contributed by atoms with Crippen LogP contribution in [0.3, 0.4) is 0 Å². The van der Waals surface area contributed by atoms with Crippen molar-refractivity contribution in [1.29, 1.82) is 0 Å². The molecule has 0 aliphatic rings. The Balaban J connectivity index is 0. The second kappa shape index (κ2) is 6.54.